The molecule has 0 saturated carbocycles. The van der Waals surface area contributed by atoms with E-state index in [1.165, 1.54) is 16.4 Å². The molecule has 5 nitrogen and oxygen atoms in total. The van der Waals surface area contributed by atoms with E-state index < -0.39 is 15.8 Å². The van der Waals surface area contributed by atoms with Crippen LogP contribution < -0.4 is 5.32 Å². The van der Waals surface area contributed by atoms with Gasteiger partial charge in [0.15, 0.2) is 0 Å². The van der Waals surface area contributed by atoms with Crippen LogP contribution in [0, 0.1) is 12.7 Å². The van der Waals surface area contributed by atoms with Crippen LogP contribution in [-0.4, -0.2) is 62.9 Å². The van der Waals surface area contributed by atoms with Gasteiger partial charge < -0.3 is 5.32 Å². The Kier molecular flexibility index (Phi) is 4.00. The molecule has 0 unspecified atom stereocenters. The predicted molar refractivity (Wildman–Crippen MR) is 78.1 cm³/mol. The monoisotopic (exact) mass is 313 g/mol. The molecular weight excluding hydrogens is 293 g/mol. The molecule has 0 radical (unpaired) electrons. The molecule has 1 aromatic rings. The van der Waals surface area contributed by atoms with Crippen molar-refractivity contribution in [3.63, 3.8) is 0 Å². The Morgan fingerprint density at radius 2 is 1.86 bits per heavy atom. The Bertz CT molecular complexity index is 623. The summed E-state index contributed by atoms with van der Waals surface area (Å²) in [7, 11) is -3.59. The van der Waals surface area contributed by atoms with Crippen LogP contribution in [0.5, 0.6) is 0 Å². The molecule has 0 spiro atoms. The Labute approximate surface area is 124 Å². The minimum Gasteiger partial charge on any atom is -0.314 e. The van der Waals surface area contributed by atoms with Gasteiger partial charge in [0, 0.05) is 45.3 Å². The third-order valence-corrected chi connectivity index (χ3v) is 6.23. The second-order valence-electron chi connectivity index (χ2n) is 5.66. The third kappa shape index (κ3) is 2.83. The molecule has 2 saturated heterocycles. The summed E-state index contributed by atoms with van der Waals surface area (Å²) in [4.78, 5) is 2.36. The fraction of sp³-hybridized carbons (Fsp3) is 0.571. The van der Waals surface area contributed by atoms with E-state index in [4.69, 9.17) is 0 Å². The van der Waals surface area contributed by atoms with E-state index in [0.29, 0.717) is 24.7 Å². The van der Waals surface area contributed by atoms with E-state index in [2.05, 4.69) is 10.2 Å². The minimum absolute atomic E-state index is 0.0457. The van der Waals surface area contributed by atoms with Gasteiger partial charge in [-0.05, 0) is 24.6 Å². The summed E-state index contributed by atoms with van der Waals surface area (Å²) in [5.41, 5.74) is 0.455. The van der Waals surface area contributed by atoms with E-state index in [-0.39, 0.29) is 4.90 Å². The van der Waals surface area contributed by atoms with Gasteiger partial charge in [0.05, 0.1) is 4.90 Å². The van der Waals surface area contributed by atoms with E-state index in [1.807, 2.05) is 0 Å². The molecule has 0 amide bonds. The quantitative estimate of drug-likeness (QED) is 0.878. The molecule has 1 aromatic carbocycles. The highest BCUT2D eigenvalue weighted by atomic mass is 32.2. The maximum Gasteiger partial charge on any atom is 0.243 e. The van der Waals surface area contributed by atoms with Crippen molar-refractivity contribution in [1.82, 2.24) is 14.5 Å². The molecule has 7 heteroatoms. The van der Waals surface area contributed by atoms with E-state index >= 15 is 0 Å². The largest absolute Gasteiger partial charge is 0.314 e. The number of halogens is 1. The van der Waals surface area contributed by atoms with Gasteiger partial charge in [-0.25, -0.2) is 12.8 Å². The Morgan fingerprint density at radius 1 is 1.19 bits per heavy atom. The lowest BCUT2D eigenvalue weighted by atomic mass is 10.1. The molecule has 2 aliphatic heterocycles. The van der Waals surface area contributed by atoms with E-state index in [0.717, 1.165) is 32.2 Å². The van der Waals surface area contributed by atoms with Crippen molar-refractivity contribution in [3.8, 4) is 0 Å². The van der Waals surface area contributed by atoms with Gasteiger partial charge in [-0.2, -0.15) is 4.31 Å². The molecule has 0 aromatic heterocycles. The summed E-state index contributed by atoms with van der Waals surface area (Å²) in [6.07, 6.45) is 0. The third-order valence-electron chi connectivity index (χ3n) is 4.33. The fourth-order valence-corrected chi connectivity index (χ4v) is 4.16. The Balaban J connectivity index is 1.72. The summed E-state index contributed by atoms with van der Waals surface area (Å²) >= 11 is 0. The Morgan fingerprint density at radius 3 is 2.38 bits per heavy atom. The van der Waals surface area contributed by atoms with Crippen molar-refractivity contribution < 1.29 is 12.8 Å². The van der Waals surface area contributed by atoms with Crippen LogP contribution in [0.4, 0.5) is 4.39 Å². The van der Waals surface area contributed by atoms with E-state index in [9.17, 15) is 12.8 Å². The zero-order valence-corrected chi connectivity index (χ0v) is 12.9. The maximum absolute atomic E-state index is 13.6. The number of hydrogen-bond donors (Lipinski definition) is 1. The van der Waals surface area contributed by atoms with Crippen molar-refractivity contribution in [1.29, 1.82) is 0 Å². The van der Waals surface area contributed by atoms with Crippen LogP contribution in [0.15, 0.2) is 23.1 Å². The second kappa shape index (κ2) is 5.64. The highest BCUT2D eigenvalue weighted by Gasteiger charge is 2.32. The molecule has 0 bridgehead atoms. The molecule has 2 fully saturated rings. The van der Waals surface area contributed by atoms with Gasteiger partial charge in [-0.15, -0.1) is 0 Å². The van der Waals surface area contributed by atoms with Gasteiger partial charge in [0.2, 0.25) is 10.0 Å². The average molecular weight is 313 g/mol. The van der Waals surface area contributed by atoms with Gasteiger partial charge in [0.25, 0.3) is 0 Å². The zero-order chi connectivity index (χ0) is 15.0. The molecular formula is C14H20FN3O2S. The molecule has 21 heavy (non-hydrogen) atoms. The topological polar surface area (TPSA) is 52.7 Å². The lowest BCUT2D eigenvalue weighted by Crippen LogP contribution is -2.62. The molecule has 116 valence electrons. The van der Waals surface area contributed by atoms with Crippen molar-refractivity contribution in [2.75, 3.05) is 39.3 Å². The van der Waals surface area contributed by atoms with E-state index in [1.54, 1.807) is 6.92 Å². The van der Waals surface area contributed by atoms with Crippen LogP contribution in [0.1, 0.15) is 5.56 Å². The number of nitrogens with zero attached hydrogens (tertiary/aromatic N) is 2. The molecule has 2 aliphatic rings. The molecule has 1 N–H and O–H groups in total. The first kappa shape index (κ1) is 14.9. The first-order valence-corrected chi connectivity index (χ1v) is 8.63. The molecule has 3 rings (SSSR count). The van der Waals surface area contributed by atoms with Gasteiger partial charge >= 0.3 is 0 Å². The molecule has 0 aliphatic carbocycles. The predicted octanol–water partition coefficient (Wildman–Crippen LogP) is 0.412. The van der Waals surface area contributed by atoms with Crippen LogP contribution in [0.3, 0.4) is 0 Å². The number of piperazine rings is 1. The number of benzene rings is 1. The van der Waals surface area contributed by atoms with Crippen molar-refractivity contribution in [2.24, 2.45) is 0 Å². The highest BCUT2D eigenvalue weighted by molar-refractivity contribution is 7.89. The summed E-state index contributed by atoms with van der Waals surface area (Å²) in [6, 6.07) is 4.65. The molecule has 0 atom stereocenters. The summed E-state index contributed by atoms with van der Waals surface area (Å²) in [6.45, 7) is 5.99. The van der Waals surface area contributed by atoms with Crippen molar-refractivity contribution >= 4 is 10.0 Å². The lowest BCUT2D eigenvalue weighted by Gasteiger charge is -2.42. The zero-order valence-electron chi connectivity index (χ0n) is 12.0. The summed E-state index contributed by atoms with van der Waals surface area (Å²) < 4.78 is 40.1. The van der Waals surface area contributed by atoms with Crippen LogP contribution in [-0.2, 0) is 10.0 Å². The maximum atomic E-state index is 13.6. The highest BCUT2D eigenvalue weighted by Crippen LogP contribution is 2.21. The van der Waals surface area contributed by atoms with Gasteiger partial charge in [0.1, 0.15) is 5.82 Å². The molecule has 2 heterocycles. The van der Waals surface area contributed by atoms with Crippen molar-refractivity contribution in [2.45, 2.75) is 17.9 Å². The number of nitrogens with one attached hydrogen (secondary N) is 1. The van der Waals surface area contributed by atoms with Crippen LogP contribution in [0.2, 0.25) is 0 Å². The second-order valence-corrected chi connectivity index (χ2v) is 7.60. The number of rotatable bonds is 3. The standard InChI is InChI=1S/C14H20FN3O2S/c1-11-2-3-13(8-14(11)15)21(19,20)18-6-4-17(5-7-18)12-9-16-10-12/h2-3,8,12,16H,4-7,9-10H2,1H3. The summed E-state index contributed by atoms with van der Waals surface area (Å²) in [5.74, 6) is -0.477. The lowest BCUT2D eigenvalue weighted by molar-refractivity contribution is 0.103. The number of hydrogen-bond acceptors (Lipinski definition) is 4. The Hall–Kier alpha value is -1.02. The van der Waals surface area contributed by atoms with Crippen LogP contribution in [0.25, 0.3) is 0 Å². The number of sulfonamides is 1. The fourth-order valence-electron chi connectivity index (χ4n) is 2.72. The van der Waals surface area contributed by atoms with Gasteiger partial charge in [-0.1, -0.05) is 6.07 Å². The van der Waals surface area contributed by atoms with Crippen molar-refractivity contribution in [3.05, 3.63) is 29.6 Å². The normalized spacial score (nSPS) is 22.2. The van der Waals surface area contributed by atoms with Crippen LogP contribution >= 0.6 is 0 Å². The first-order chi connectivity index (χ1) is 9.98. The minimum atomic E-state index is -3.59. The van der Waals surface area contributed by atoms with Gasteiger partial charge in [-0.3, -0.25) is 4.90 Å². The summed E-state index contributed by atoms with van der Waals surface area (Å²) in [5, 5.41) is 3.22. The SMILES string of the molecule is Cc1ccc(S(=O)(=O)N2CCN(C3CNC3)CC2)cc1F. The number of aryl methyl sites for hydroxylation is 1. The first-order valence-electron chi connectivity index (χ1n) is 7.19. The average Bonchev–Trinajstić information content (AvgIpc) is 2.40. The smallest absolute Gasteiger partial charge is 0.243 e.